The second-order valence-electron chi connectivity index (χ2n) is 4.86. The standard InChI is InChI=1S/C16H13F2N3O2/c1-8-14(22-2)7-12-16(21-8)13(3-4-20-12)23-15-6-9(17)11(19)5-10(15)18/h3-7H,19H2,1-2H3. The number of pyridine rings is 2. The maximum Gasteiger partial charge on any atom is 0.167 e. The molecule has 0 fully saturated rings. The van der Waals surface area contributed by atoms with Crippen LogP contribution in [0.3, 0.4) is 0 Å². The highest BCUT2D eigenvalue weighted by molar-refractivity contribution is 5.82. The topological polar surface area (TPSA) is 70.3 Å². The lowest BCUT2D eigenvalue weighted by Crippen LogP contribution is -1.98. The molecule has 3 aromatic rings. The molecule has 0 aliphatic rings. The number of nitrogens with zero attached hydrogens (tertiary/aromatic N) is 2. The second-order valence-corrected chi connectivity index (χ2v) is 4.86. The van der Waals surface area contributed by atoms with Crippen molar-refractivity contribution in [2.45, 2.75) is 6.92 Å². The van der Waals surface area contributed by atoms with E-state index in [2.05, 4.69) is 9.97 Å². The number of hydrogen-bond acceptors (Lipinski definition) is 5. The summed E-state index contributed by atoms with van der Waals surface area (Å²) in [6, 6.07) is 4.99. The van der Waals surface area contributed by atoms with E-state index in [1.165, 1.54) is 19.4 Å². The van der Waals surface area contributed by atoms with Crippen molar-refractivity contribution in [2.75, 3.05) is 12.8 Å². The number of aromatic nitrogens is 2. The Balaban J connectivity index is 2.10. The number of nitrogen functional groups attached to an aromatic ring is 1. The van der Waals surface area contributed by atoms with Crippen LogP contribution in [0.25, 0.3) is 11.0 Å². The fraction of sp³-hybridized carbons (Fsp3) is 0.125. The summed E-state index contributed by atoms with van der Waals surface area (Å²) in [6.07, 6.45) is 1.49. The molecule has 0 bridgehead atoms. The highest BCUT2D eigenvalue weighted by Gasteiger charge is 2.14. The minimum absolute atomic E-state index is 0.254. The maximum atomic E-state index is 13.9. The van der Waals surface area contributed by atoms with Crippen molar-refractivity contribution in [1.82, 2.24) is 9.97 Å². The molecule has 1 aromatic carbocycles. The Kier molecular flexibility index (Phi) is 3.69. The van der Waals surface area contributed by atoms with Crippen molar-refractivity contribution in [2.24, 2.45) is 0 Å². The van der Waals surface area contributed by atoms with E-state index in [0.717, 1.165) is 12.1 Å². The van der Waals surface area contributed by atoms with Crippen molar-refractivity contribution >= 4 is 16.7 Å². The Hall–Kier alpha value is -2.96. The zero-order valence-corrected chi connectivity index (χ0v) is 12.4. The molecule has 0 unspecified atom stereocenters. The van der Waals surface area contributed by atoms with Crippen LogP contribution in [0.15, 0.2) is 30.5 Å². The van der Waals surface area contributed by atoms with Crippen molar-refractivity contribution in [3.63, 3.8) is 0 Å². The van der Waals surface area contributed by atoms with Crippen LogP contribution in [0.4, 0.5) is 14.5 Å². The first-order valence-corrected chi connectivity index (χ1v) is 6.72. The van der Waals surface area contributed by atoms with E-state index in [1.54, 1.807) is 13.0 Å². The molecular formula is C16H13F2N3O2. The fourth-order valence-electron chi connectivity index (χ4n) is 2.15. The number of methoxy groups -OCH3 is 1. The minimum atomic E-state index is -0.765. The molecule has 23 heavy (non-hydrogen) atoms. The van der Waals surface area contributed by atoms with E-state index in [-0.39, 0.29) is 17.2 Å². The van der Waals surface area contributed by atoms with Crippen molar-refractivity contribution < 1.29 is 18.3 Å². The summed E-state index contributed by atoms with van der Waals surface area (Å²) in [4.78, 5) is 8.54. The van der Waals surface area contributed by atoms with Crippen LogP contribution in [0.2, 0.25) is 0 Å². The van der Waals surface area contributed by atoms with Gasteiger partial charge < -0.3 is 15.2 Å². The molecule has 0 spiro atoms. The SMILES string of the molecule is COc1cc2nccc(Oc3cc(F)c(N)cc3F)c2nc1C. The van der Waals surface area contributed by atoms with Gasteiger partial charge in [0.25, 0.3) is 0 Å². The van der Waals surface area contributed by atoms with Gasteiger partial charge in [0.05, 0.1) is 24.0 Å². The lowest BCUT2D eigenvalue weighted by atomic mass is 10.2. The third-order valence-electron chi connectivity index (χ3n) is 3.31. The molecule has 0 saturated heterocycles. The van der Waals surface area contributed by atoms with Crippen molar-refractivity contribution in [3.8, 4) is 17.2 Å². The molecule has 2 heterocycles. The Bertz CT molecular complexity index is 900. The van der Waals surface area contributed by atoms with Crippen LogP contribution in [0.1, 0.15) is 5.69 Å². The average Bonchev–Trinajstić information content (AvgIpc) is 2.52. The molecule has 0 amide bonds. The number of benzene rings is 1. The lowest BCUT2D eigenvalue weighted by Gasteiger charge is -2.11. The van der Waals surface area contributed by atoms with Gasteiger partial charge in [-0.3, -0.25) is 4.98 Å². The van der Waals surface area contributed by atoms with E-state index in [1.807, 2.05) is 0 Å². The predicted octanol–water partition coefficient (Wildman–Crippen LogP) is 3.60. The third kappa shape index (κ3) is 2.73. The van der Waals surface area contributed by atoms with Gasteiger partial charge in [-0.15, -0.1) is 0 Å². The van der Waals surface area contributed by atoms with Crippen LogP contribution in [0, 0.1) is 18.6 Å². The van der Waals surface area contributed by atoms with Crippen LogP contribution in [-0.2, 0) is 0 Å². The first-order chi connectivity index (χ1) is 11.0. The van der Waals surface area contributed by atoms with Gasteiger partial charge in [-0.1, -0.05) is 0 Å². The molecule has 3 rings (SSSR count). The molecule has 0 aliphatic heterocycles. The fourth-order valence-corrected chi connectivity index (χ4v) is 2.15. The van der Waals surface area contributed by atoms with Gasteiger partial charge in [0.2, 0.25) is 0 Å². The molecule has 2 aromatic heterocycles. The molecule has 2 N–H and O–H groups in total. The Morgan fingerprint density at radius 1 is 1.04 bits per heavy atom. The number of nitrogens with two attached hydrogens (primary N) is 1. The number of aryl methyl sites for hydroxylation is 1. The number of fused-ring (bicyclic) bond motifs is 1. The Morgan fingerprint density at radius 2 is 1.83 bits per heavy atom. The minimum Gasteiger partial charge on any atom is -0.495 e. The largest absolute Gasteiger partial charge is 0.495 e. The molecule has 0 aliphatic carbocycles. The highest BCUT2D eigenvalue weighted by Crippen LogP contribution is 2.32. The average molecular weight is 317 g/mol. The number of hydrogen-bond donors (Lipinski definition) is 1. The molecular weight excluding hydrogens is 304 g/mol. The van der Waals surface area contributed by atoms with Crippen LogP contribution >= 0.6 is 0 Å². The third-order valence-corrected chi connectivity index (χ3v) is 3.31. The van der Waals surface area contributed by atoms with Crippen LogP contribution < -0.4 is 15.2 Å². The molecule has 0 atom stereocenters. The molecule has 0 saturated carbocycles. The smallest absolute Gasteiger partial charge is 0.167 e. The summed E-state index contributed by atoms with van der Waals surface area (Å²) in [5.74, 6) is -0.972. The quantitative estimate of drug-likeness (QED) is 0.747. The van der Waals surface area contributed by atoms with Crippen molar-refractivity contribution in [1.29, 1.82) is 0 Å². The van der Waals surface area contributed by atoms with E-state index < -0.39 is 11.6 Å². The molecule has 0 radical (unpaired) electrons. The van der Waals surface area contributed by atoms with Crippen LogP contribution in [-0.4, -0.2) is 17.1 Å². The van der Waals surface area contributed by atoms with Gasteiger partial charge in [0.15, 0.2) is 17.3 Å². The first-order valence-electron chi connectivity index (χ1n) is 6.72. The highest BCUT2D eigenvalue weighted by atomic mass is 19.1. The second kappa shape index (κ2) is 5.68. The van der Waals surface area contributed by atoms with Crippen molar-refractivity contribution in [3.05, 3.63) is 47.8 Å². The summed E-state index contributed by atoms with van der Waals surface area (Å²) >= 11 is 0. The van der Waals surface area contributed by atoms with Gasteiger partial charge in [0, 0.05) is 30.5 Å². The predicted molar refractivity (Wildman–Crippen MR) is 81.7 cm³/mol. The summed E-state index contributed by atoms with van der Waals surface area (Å²) in [5, 5.41) is 0. The molecule has 7 heteroatoms. The zero-order valence-electron chi connectivity index (χ0n) is 12.4. The Morgan fingerprint density at radius 3 is 2.57 bits per heavy atom. The number of halogens is 2. The van der Waals surface area contributed by atoms with E-state index >= 15 is 0 Å². The zero-order chi connectivity index (χ0) is 16.6. The van der Waals surface area contributed by atoms with E-state index in [4.69, 9.17) is 15.2 Å². The Labute approximate surface area is 130 Å². The summed E-state index contributed by atoms with van der Waals surface area (Å²) in [5.41, 5.74) is 6.60. The van der Waals surface area contributed by atoms with Crippen LogP contribution in [0.5, 0.6) is 17.2 Å². The lowest BCUT2D eigenvalue weighted by molar-refractivity contribution is 0.409. The summed E-state index contributed by atoms with van der Waals surface area (Å²) < 4.78 is 38.1. The monoisotopic (exact) mass is 317 g/mol. The van der Waals surface area contributed by atoms with Gasteiger partial charge >= 0.3 is 0 Å². The normalized spacial score (nSPS) is 10.8. The molecule has 118 valence electrons. The van der Waals surface area contributed by atoms with E-state index in [0.29, 0.717) is 22.5 Å². The van der Waals surface area contributed by atoms with Gasteiger partial charge in [-0.25, -0.2) is 13.8 Å². The number of ether oxygens (including phenoxy) is 2. The molecule has 5 nitrogen and oxygen atoms in total. The number of rotatable bonds is 3. The van der Waals surface area contributed by atoms with E-state index in [9.17, 15) is 8.78 Å². The van der Waals surface area contributed by atoms with Gasteiger partial charge in [-0.2, -0.15) is 0 Å². The summed E-state index contributed by atoms with van der Waals surface area (Å²) in [6.45, 7) is 1.76. The maximum absolute atomic E-state index is 13.9. The number of anilines is 1. The first kappa shape index (κ1) is 15.0. The van der Waals surface area contributed by atoms with Gasteiger partial charge in [0.1, 0.15) is 17.1 Å². The summed E-state index contributed by atoms with van der Waals surface area (Å²) in [7, 11) is 1.53. The van der Waals surface area contributed by atoms with Gasteiger partial charge in [-0.05, 0) is 6.92 Å².